The normalized spacial score (nSPS) is 11.6. The molecule has 0 spiro atoms. The van der Waals surface area contributed by atoms with Gasteiger partial charge in [0, 0.05) is 9.52 Å². The summed E-state index contributed by atoms with van der Waals surface area (Å²) >= 11 is 4.51. The van der Waals surface area contributed by atoms with E-state index in [1.807, 2.05) is 0 Å². The van der Waals surface area contributed by atoms with Gasteiger partial charge in [0.15, 0.2) is 8.67 Å². The molecule has 0 saturated carbocycles. The zero-order valence-electron chi connectivity index (χ0n) is 5.09. The Morgan fingerprint density at radius 3 is 2.78 bits per heavy atom. The van der Waals surface area contributed by atoms with Crippen molar-refractivity contribution in [2.75, 3.05) is 0 Å². The Balaban J connectivity index is 2.83. The first-order chi connectivity index (χ1) is 4.27. The monoisotopic (exact) mass is 210 g/mol. The van der Waals surface area contributed by atoms with Crippen molar-refractivity contribution in [1.29, 1.82) is 0 Å². The zero-order chi connectivity index (χ0) is 7.11. The first-order valence-electron chi connectivity index (χ1n) is 2.46. The maximum Gasteiger partial charge on any atom is 0.270 e. The summed E-state index contributed by atoms with van der Waals surface area (Å²) in [6.07, 6.45) is -1.35. The standard InChI is InChI=1S/C3H7OPS2Si2/c1-8-2-3-9-7-5(4)6/h2-3H2,1H3. The van der Waals surface area contributed by atoms with E-state index in [4.69, 9.17) is 0 Å². The van der Waals surface area contributed by atoms with E-state index < -0.39 is 6.20 Å². The minimum Gasteiger partial charge on any atom is -0.432 e. The van der Waals surface area contributed by atoms with Crippen LogP contribution in [0.1, 0.15) is 0 Å². The lowest BCUT2D eigenvalue weighted by atomic mass is 11.0. The van der Waals surface area contributed by atoms with Gasteiger partial charge in [-0.3, -0.25) is 0 Å². The van der Waals surface area contributed by atoms with Gasteiger partial charge in [-0.25, -0.2) is 0 Å². The Kier molecular flexibility index (Phi) is 8.35. The first kappa shape index (κ1) is 10.2. The molecular formula is C3H7OPS2Si2. The molecule has 0 bridgehead atoms. The first-order valence-corrected chi connectivity index (χ1v) is 9.79. The lowest BCUT2D eigenvalue weighted by Gasteiger charge is -1.87. The second-order valence-electron chi connectivity index (χ2n) is 1.31. The number of rotatable bonds is 5. The van der Waals surface area contributed by atoms with Crippen molar-refractivity contribution in [2.45, 2.75) is 18.6 Å². The summed E-state index contributed by atoms with van der Waals surface area (Å²) < 4.78 is 10.3. The summed E-state index contributed by atoms with van der Waals surface area (Å²) in [5, 5.41) is 0. The Hall–Kier alpha value is 1.23. The van der Waals surface area contributed by atoms with Crippen LogP contribution in [0.5, 0.6) is 0 Å². The van der Waals surface area contributed by atoms with Gasteiger partial charge < -0.3 is 12.2 Å². The quantitative estimate of drug-likeness (QED) is 0.299. The molecule has 0 rings (SSSR count). The molecule has 0 aliphatic carbocycles. The molecule has 0 fully saturated rings. The number of hydrogen-bond acceptors (Lipinski definition) is 3. The molecule has 4 radical (unpaired) electrons. The fourth-order valence-electron chi connectivity index (χ4n) is 0.274. The molecular weight excluding hydrogens is 203 g/mol. The fraction of sp³-hybridized carbons (Fsp3) is 1.00. The van der Waals surface area contributed by atoms with Gasteiger partial charge >= 0.3 is 0 Å². The van der Waals surface area contributed by atoms with E-state index in [0.29, 0.717) is 0 Å². The maximum absolute atomic E-state index is 10.3. The highest BCUT2D eigenvalue weighted by molar-refractivity contribution is 8.81. The van der Waals surface area contributed by atoms with E-state index in [-0.39, 0.29) is 0 Å². The molecule has 0 aromatic rings. The molecule has 0 heterocycles. The summed E-state index contributed by atoms with van der Waals surface area (Å²) in [6.45, 7) is 2.18. The highest BCUT2D eigenvalue weighted by Gasteiger charge is 1.99. The van der Waals surface area contributed by atoms with Gasteiger partial charge in [0.05, 0.1) is 10.8 Å². The Labute approximate surface area is 70.7 Å². The minimum absolute atomic E-state index is 0.755. The molecule has 1 atom stereocenters. The highest BCUT2D eigenvalue weighted by Crippen LogP contribution is 2.33. The average Bonchev–Trinajstić information content (AvgIpc) is 1.80. The summed E-state index contributed by atoms with van der Waals surface area (Å²) in [6, 6.07) is 2.46. The molecule has 0 aliphatic rings. The third kappa shape index (κ3) is 9.23. The molecule has 50 valence electrons. The Morgan fingerprint density at radius 1 is 1.67 bits per heavy atom. The van der Waals surface area contributed by atoms with Crippen LogP contribution < -0.4 is 0 Å². The van der Waals surface area contributed by atoms with Crippen LogP contribution in [0, 0.1) is 0 Å². The second-order valence-corrected chi connectivity index (χ2v) is 9.68. The fourth-order valence-corrected chi connectivity index (χ4v) is 6.58. The molecule has 0 amide bonds. The molecule has 0 saturated heterocycles. The molecule has 1 nitrogen and oxygen atoms in total. The molecule has 6 heteroatoms. The summed E-state index contributed by atoms with van der Waals surface area (Å²) in [4.78, 5) is 0. The topological polar surface area (TPSA) is 17.1 Å². The molecule has 1 unspecified atom stereocenters. The van der Waals surface area contributed by atoms with E-state index >= 15 is 0 Å². The van der Waals surface area contributed by atoms with Crippen molar-refractivity contribution in [2.24, 2.45) is 0 Å². The van der Waals surface area contributed by atoms with E-state index in [1.54, 1.807) is 0 Å². The summed E-state index contributed by atoms with van der Waals surface area (Å²) in [5.41, 5.74) is 0. The van der Waals surface area contributed by atoms with E-state index in [9.17, 15) is 4.57 Å². The largest absolute Gasteiger partial charge is 0.432 e. The van der Waals surface area contributed by atoms with Gasteiger partial charge in [0.2, 0.25) is 0 Å². The zero-order valence-corrected chi connectivity index (χ0v) is 9.61. The van der Waals surface area contributed by atoms with Crippen LogP contribution in [0.25, 0.3) is 0 Å². The van der Waals surface area contributed by atoms with Crippen LogP contribution in [0.2, 0.25) is 18.6 Å². The maximum atomic E-state index is 10.3. The summed E-state index contributed by atoms with van der Waals surface area (Å²) in [7, 11) is 3.21. The van der Waals surface area contributed by atoms with Gasteiger partial charge in [-0.05, 0) is 6.04 Å². The molecule has 0 aromatic carbocycles. The van der Waals surface area contributed by atoms with Crippen LogP contribution >= 0.6 is 17.0 Å². The Morgan fingerprint density at radius 2 is 2.33 bits per heavy atom. The van der Waals surface area contributed by atoms with Gasteiger partial charge in [0.25, 0.3) is 6.20 Å². The predicted octanol–water partition coefficient (Wildman–Crippen LogP) is 2.13. The summed E-state index contributed by atoms with van der Waals surface area (Å²) in [5.74, 6) is 0. The second kappa shape index (κ2) is 7.34. The van der Waals surface area contributed by atoms with Crippen molar-refractivity contribution in [1.82, 2.24) is 0 Å². The highest BCUT2D eigenvalue weighted by atomic mass is 33.1. The van der Waals surface area contributed by atoms with Gasteiger partial charge in [0.1, 0.15) is 0 Å². The third-order valence-corrected chi connectivity index (χ3v) is 8.56. The van der Waals surface area contributed by atoms with E-state index in [1.165, 1.54) is 22.9 Å². The average molecular weight is 210 g/mol. The molecule has 0 aliphatic heterocycles. The van der Waals surface area contributed by atoms with Crippen molar-refractivity contribution in [3.63, 3.8) is 0 Å². The van der Waals surface area contributed by atoms with Crippen molar-refractivity contribution >= 4 is 47.5 Å². The van der Waals surface area contributed by atoms with Crippen molar-refractivity contribution < 1.29 is 4.57 Å². The third-order valence-electron chi connectivity index (χ3n) is 0.616. The predicted molar refractivity (Wildman–Crippen MR) is 49.5 cm³/mol. The van der Waals surface area contributed by atoms with Crippen LogP contribution in [-0.4, -0.2) is 18.2 Å². The SMILES string of the molecule is C[Si]CC[Si]S[P+](=O)[S-]. The van der Waals surface area contributed by atoms with Gasteiger partial charge in [-0.1, -0.05) is 17.2 Å². The van der Waals surface area contributed by atoms with Crippen LogP contribution in [0.3, 0.4) is 0 Å². The lowest BCUT2D eigenvalue weighted by molar-refractivity contribution is 0.604. The van der Waals surface area contributed by atoms with Gasteiger partial charge in [-0.15, -0.1) is 0 Å². The van der Waals surface area contributed by atoms with E-state index in [0.717, 1.165) is 18.2 Å². The molecule has 9 heavy (non-hydrogen) atoms. The smallest absolute Gasteiger partial charge is 0.270 e. The van der Waals surface area contributed by atoms with Crippen molar-refractivity contribution in [3.8, 4) is 0 Å². The van der Waals surface area contributed by atoms with Gasteiger partial charge in [-0.2, -0.15) is 0 Å². The van der Waals surface area contributed by atoms with Crippen LogP contribution in [0.15, 0.2) is 0 Å². The van der Waals surface area contributed by atoms with Crippen molar-refractivity contribution in [3.05, 3.63) is 0 Å². The lowest BCUT2D eigenvalue weighted by Crippen LogP contribution is -1.83. The van der Waals surface area contributed by atoms with Crippen LogP contribution in [0.4, 0.5) is 0 Å². The van der Waals surface area contributed by atoms with Crippen LogP contribution in [-0.2, 0) is 16.8 Å². The number of hydrogen-bond donors (Lipinski definition) is 0. The molecule has 0 aromatic heterocycles. The minimum atomic E-state index is -1.35. The Bertz CT molecular complexity index is 91.9. The molecule has 0 N–H and O–H groups in total. The van der Waals surface area contributed by atoms with E-state index in [2.05, 4.69) is 18.8 Å².